The molecule has 0 heterocycles. The lowest BCUT2D eigenvalue weighted by Crippen LogP contribution is -2.23. The van der Waals surface area contributed by atoms with Crippen molar-refractivity contribution in [2.45, 2.75) is 13.0 Å². The maximum absolute atomic E-state index is 11.0. The molecule has 0 radical (unpaired) electrons. The molecule has 16 heavy (non-hydrogen) atoms. The number of hydrogen-bond donors (Lipinski definition) is 2. The molecule has 1 rings (SSSR count). The predicted octanol–water partition coefficient (Wildman–Crippen LogP) is 1.56. The van der Waals surface area contributed by atoms with Gasteiger partial charge in [0.2, 0.25) is 0 Å². The molecule has 0 aliphatic rings. The molecule has 2 atom stereocenters. The monoisotopic (exact) mass is 241 g/mol. The Morgan fingerprint density at radius 2 is 2.12 bits per heavy atom. The molecular formula is C11H15NO3S. The van der Waals surface area contributed by atoms with Crippen molar-refractivity contribution >= 4 is 22.5 Å². The van der Waals surface area contributed by atoms with Gasteiger partial charge in [0.05, 0.1) is 5.56 Å². The third-order valence-electron chi connectivity index (χ3n) is 2.04. The fraction of sp³-hybridized carbons (Fsp3) is 0.364. The SMILES string of the molecule is CC(CS(C)=O)Nc1ccccc1C(=O)O. The molecule has 2 unspecified atom stereocenters. The van der Waals surface area contributed by atoms with Crippen molar-refractivity contribution in [3.8, 4) is 0 Å². The lowest BCUT2D eigenvalue weighted by molar-refractivity contribution is 0.0698. The first kappa shape index (κ1) is 12.7. The Kier molecular flexibility index (Phi) is 4.49. The second-order valence-electron chi connectivity index (χ2n) is 3.64. The summed E-state index contributed by atoms with van der Waals surface area (Å²) in [5, 5.41) is 12.0. The summed E-state index contributed by atoms with van der Waals surface area (Å²) in [6.45, 7) is 1.88. The molecule has 0 aliphatic heterocycles. The van der Waals surface area contributed by atoms with Gasteiger partial charge in [0.1, 0.15) is 0 Å². The number of carboxylic acid groups (broad SMARTS) is 1. The van der Waals surface area contributed by atoms with Crippen LogP contribution in [0.1, 0.15) is 17.3 Å². The van der Waals surface area contributed by atoms with Crippen LogP contribution in [0.25, 0.3) is 0 Å². The number of aromatic carboxylic acids is 1. The van der Waals surface area contributed by atoms with Crippen LogP contribution in [0.2, 0.25) is 0 Å². The van der Waals surface area contributed by atoms with E-state index < -0.39 is 16.8 Å². The lowest BCUT2D eigenvalue weighted by atomic mass is 10.1. The van der Waals surface area contributed by atoms with Gasteiger partial charge in [0.15, 0.2) is 0 Å². The molecule has 1 aromatic rings. The first-order valence-electron chi connectivity index (χ1n) is 4.89. The second-order valence-corrected chi connectivity index (χ2v) is 5.12. The largest absolute Gasteiger partial charge is 0.478 e. The zero-order valence-corrected chi connectivity index (χ0v) is 10.1. The van der Waals surface area contributed by atoms with E-state index in [9.17, 15) is 9.00 Å². The molecule has 0 amide bonds. The molecule has 0 bridgehead atoms. The third-order valence-corrected chi connectivity index (χ3v) is 3.01. The maximum Gasteiger partial charge on any atom is 0.337 e. The van der Waals surface area contributed by atoms with Gasteiger partial charge in [0.25, 0.3) is 0 Å². The Morgan fingerprint density at radius 1 is 1.50 bits per heavy atom. The zero-order valence-electron chi connectivity index (χ0n) is 9.27. The van der Waals surface area contributed by atoms with Gasteiger partial charge in [-0.15, -0.1) is 0 Å². The quantitative estimate of drug-likeness (QED) is 0.821. The molecule has 4 nitrogen and oxygen atoms in total. The number of nitrogens with one attached hydrogen (secondary N) is 1. The van der Waals surface area contributed by atoms with Gasteiger partial charge in [0, 0.05) is 34.5 Å². The van der Waals surface area contributed by atoms with Gasteiger partial charge < -0.3 is 10.4 Å². The van der Waals surface area contributed by atoms with Gasteiger partial charge in [-0.3, -0.25) is 4.21 Å². The Labute approximate surface area is 97.1 Å². The van der Waals surface area contributed by atoms with Crippen LogP contribution in [-0.4, -0.2) is 33.3 Å². The second kappa shape index (κ2) is 5.65. The van der Waals surface area contributed by atoms with Crippen molar-refractivity contribution in [3.63, 3.8) is 0 Å². The molecule has 0 spiro atoms. The van der Waals surface area contributed by atoms with Crippen LogP contribution < -0.4 is 5.32 Å². The number of carboxylic acids is 1. The van der Waals surface area contributed by atoms with Gasteiger partial charge in [-0.2, -0.15) is 0 Å². The van der Waals surface area contributed by atoms with Crippen LogP contribution in [0.5, 0.6) is 0 Å². The normalized spacial score (nSPS) is 14.1. The fourth-order valence-corrected chi connectivity index (χ4v) is 2.24. The number of para-hydroxylation sites is 1. The minimum absolute atomic E-state index is 0.0219. The molecule has 0 saturated heterocycles. The van der Waals surface area contributed by atoms with Crippen molar-refractivity contribution in [3.05, 3.63) is 29.8 Å². The Bertz CT molecular complexity index is 406. The van der Waals surface area contributed by atoms with Crippen LogP contribution in [0.4, 0.5) is 5.69 Å². The highest BCUT2D eigenvalue weighted by atomic mass is 32.2. The summed E-state index contributed by atoms with van der Waals surface area (Å²) in [4.78, 5) is 10.9. The highest BCUT2D eigenvalue weighted by molar-refractivity contribution is 7.84. The molecule has 1 aromatic carbocycles. The summed E-state index contributed by atoms with van der Waals surface area (Å²) < 4.78 is 11.0. The average molecular weight is 241 g/mol. The molecule has 0 saturated carbocycles. The summed E-state index contributed by atoms with van der Waals surface area (Å²) in [5.74, 6) is -0.471. The van der Waals surface area contributed by atoms with Crippen LogP contribution >= 0.6 is 0 Å². The summed E-state index contributed by atoms with van der Waals surface area (Å²) in [6.07, 6.45) is 1.63. The third kappa shape index (κ3) is 3.66. The molecule has 5 heteroatoms. The van der Waals surface area contributed by atoms with Crippen molar-refractivity contribution in [1.82, 2.24) is 0 Å². The van der Waals surface area contributed by atoms with E-state index >= 15 is 0 Å². The summed E-state index contributed by atoms with van der Waals surface area (Å²) >= 11 is 0. The molecular weight excluding hydrogens is 226 g/mol. The standard InChI is InChI=1S/C11H15NO3S/c1-8(7-16(2)15)12-10-6-4-3-5-9(10)11(13)14/h3-6,8,12H,7H2,1-2H3,(H,13,14). The zero-order chi connectivity index (χ0) is 12.1. The number of anilines is 1. The Morgan fingerprint density at radius 3 is 2.69 bits per heavy atom. The van der Waals surface area contributed by atoms with E-state index in [-0.39, 0.29) is 11.6 Å². The van der Waals surface area contributed by atoms with E-state index in [1.165, 1.54) is 0 Å². The van der Waals surface area contributed by atoms with Crippen molar-refractivity contribution in [1.29, 1.82) is 0 Å². The van der Waals surface area contributed by atoms with Crippen molar-refractivity contribution in [2.24, 2.45) is 0 Å². The first-order chi connectivity index (χ1) is 7.50. The number of benzene rings is 1. The van der Waals surface area contributed by atoms with E-state index in [0.717, 1.165) is 0 Å². The van der Waals surface area contributed by atoms with Crippen LogP contribution in [0.15, 0.2) is 24.3 Å². The van der Waals surface area contributed by atoms with E-state index in [0.29, 0.717) is 11.4 Å². The summed E-state index contributed by atoms with van der Waals surface area (Å²) in [7, 11) is -0.897. The molecule has 88 valence electrons. The summed E-state index contributed by atoms with van der Waals surface area (Å²) in [5.41, 5.74) is 0.796. The van der Waals surface area contributed by atoms with Gasteiger partial charge in [-0.25, -0.2) is 4.79 Å². The molecule has 2 N–H and O–H groups in total. The molecule has 0 fully saturated rings. The van der Waals surface area contributed by atoms with Crippen molar-refractivity contribution in [2.75, 3.05) is 17.3 Å². The smallest absolute Gasteiger partial charge is 0.337 e. The van der Waals surface area contributed by atoms with Crippen LogP contribution in [0.3, 0.4) is 0 Å². The van der Waals surface area contributed by atoms with Gasteiger partial charge in [-0.1, -0.05) is 12.1 Å². The van der Waals surface area contributed by atoms with Crippen LogP contribution in [-0.2, 0) is 10.8 Å². The van der Waals surface area contributed by atoms with Crippen molar-refractivity contribution < 1.29 is 14.1 Å². The predicted molar refractivity (Wildman–Crippen MR) is 65.4 cm³/mol. The first-order valence-corrected chi connectivity index (χ1v) is 6.62. The minimum atomic E-state index is -0.965. The fourth-order valence-electron chi connectivity index (χ4n) is 1.45. The van der Waals surface area contributed by atoms with E-state index in [1.807, 2.05) is 6.92 Å². The average Bonchev–Trinajstić information content (AvgIpc) is 2.16. The van der Waals surface area contributed by atoms with Gasteiger partial charge in [-0.05, 0) is 19.1 Å². The Balaban J connectivity index is 2.80. The lowest BCUT2D eigenvalue weighted by Gasteiger charge is -2.15. The number of rotatable bonds is 5. The number of hydrogen-bond acceptors (Lipinski definition) is 3. The van der Waals surface area contributed by atoms with E-state index in [1.54, 1.807) is 30.5 Å². The maximum atomic E-state index is 11.0. The molecule has 0 aliphatic carbocycles. The highest BCUT2D eigenvalue weighted by Crippen LogP contribution is 2.15. The minimum Gasteiger partial charge on any atom is -0.478 e. The van der Waals surface area contributed by atoms with E-state index in [4.69, 9.17) is 5.11 Å². The highest BCUT2D eigenvalue weighted by Gasteiger charge is 2.11. The number of carbonyl (C=O) groups is 1. The Hall–Kier alpha value is -1.36. The summed E-state index contributed by atoms with van der Waals surface area (Å²) in [6, 6.07) is 6.67. The van der Waals surface area contributed by atoms with Gasteiger partial charge >= 0.3 is 5.97 Å². The van der Waals surface area contributed by atoms with E-state index in [2.05, 4.69) is 5.32 Å². The molecule has 0 aromatic heterocycles. The van der Waals surface area contributed by atoms with Crippen LogP contribution in [0, 0.1) is 0 Å². The topological polar surface area (TPSA) is 66.4 Å².